The molecule has 2 aromatic carbocycles. The number of allylic oxidation sites excluding steroid dienone is 4. The van der Waals surface area contributed by atoms with Crippen molar-refractivity contribution in [3.8, 4) is 0 Å². The Morgan fingerprint density at radius 2 is 1.06 bits per heavy atom. The number of hydrogen-bond donors (Lipinski definition) is 0. The molecule has 0 bridgehead atoms. The van der Waals surface area contributed by atoms with E-state index in [1.165, 1.54) is 70.8 Å². The van der Waals surface area contributed by atoms with Crippen LogP contribution in [0.3, 0.4) is 0 Å². The summed E-state index contributed by atoms with van der Waals surface area (Å²) in [5.74, 6) is -2.10. The average Bonchev–Trinajstić information content (AvgIpc) is 3.24. The van der Waals surface area contributed by atoms with Gasteiger partial charge in [0.25, 0.3) is 0 Å². The number of halogens is 2. The molecule has 5 rings (SSSR count). The van der Waals surface area contributed by atoms with Crippen LogP contribution in [0.15, 0.2) is 70.8 Å². The van der Waals surface area contributed by atoms with E-state index < -0.39 is 42.2 Å². The van der Waals surface area contributed by atoms with Gasteiger partial charge in [0.15, 0.2) is 0 Å². The number of rotatable bonds is 5. The van der Waals surface area contributed by atoms with Crippen LogP contribution in [0.4, 0.5) is 8.78 Å². The van der Waals surface area contributed by atoms with Gasteiger partial charge >= 0.3 is 205 Å². The molecule has 0 atom stereocenters. The maximum atomic E-state index is 13.4. The van der Waals surface area contributed by atoms with Gasteiger partial charge in [0, 0.05) is 0 Å². The van der Waals surface area contributed by atoms with E-state index in [0.717, 1.165) is 58.5 Å². The molecular weight excluding hydrogens is 502 g/mol. The second-order valence-corrected chi connectivity index (χ2v) is 11.5. The van der Waals surface area contributed by atoms with Gasteiger partial charge in [-0.3, -0.25) is 0 Å². The fourth-order valence-electron chi connectivity index (χ4n) is 5.29. The molecule has 0 amide bonds. The Labute approximate surface area is 216 Å². The summed E-state index contributed by atoms with van der Waals surface area (Å²) in [5, 5.41) is 8.25. The molecule has 36 heavy (non-hydrogen) atoms. The molecule has 0 saturated heterocycles. The zero-order valence-electron chi connectivity index (χ0n) is 20.2. The molecule has 0 fully saturated rings. The van der Waals surface area contributed by atoms with Gasteiger partial charge in [-0.15, -0.1) is 0 Å². The van der Waals surface area contributed by atoms with E-state index in [-0.39, 0.29) is 15.3 Å². The van der Waals surface area contributed by atoms with Crippen molar-refractivity contribution in [3.05, 3.63) is 93.6 Å². The van der Waals surface area contributed by atoms with Gasteiger partial charge in [0.2, 0.25) is 0 Å². The zero-order chi connectivity index (χ0) is 25.7. The first-order valence-corrected chi connectivity index (χ1v) is 14.4. The van der Waals surface area contributed by atoms with Crippen LogP contribution >= 0.6 is 0 Å². The number of hydrogen-bond acceptors (Lipinski definition) is 5. The zero-order valence-corrected chi connectivity index (χ0v) is 21.7. The number of carbonyl (C=O) groups excluding carboxylic acids is 2. The minimum absolute atomic E-state index is 0.139. The first kappa shape index (κ1) is 26.5. The predicted molar refractivity (Wildman–Crippen MR) is 124 cm³/mol. The van der Waals surface area contributed by atoms with Gasteiger partial charge < -0.3 is 5.11 Å². The molecule has 188 valence electrons. The van der Waals surface area contributed by atoms with Gasteiger partial charge in [-0.1, -0.05) is 0 Å². The van der Waals surface area contributed by atoms with E-state index in [0.29, 0.717) is 0 Å². The summed E-state index contributed by atoms with van der Waals surface area (Å²) in [6.07, 6.45) is 8.31. The van der Waals surface area contributed by atoms with Crippen molar-refractivity contribution < 1.29 is 48.8 Å². The van der Waals surface area contributed by atoms with Crippen molar-refractivity contribution in [3.63, 3.8) is 0 Å². The van der Waals surface area contributed by atoms with Gasteiger partial charge in [-0.25, -0.2) is 0 Å². The summed E-state index contributed by atoms with van der Waals surface area (Å²) in [6, 6.07) is 10.3. The molecule has 0 spiro atoms. The van der Waals surface area contributed by atoms with Crippen LogP contribution in [0.1, 0.15) is 72.1 Å². The van der Waals surface area contributed by atoms with E-state index in [1.54, 1.807) is 0 Å². The third-order valence-corrected chi connectivity index (χ3v) is 9.90. The second kappa shape index (κ2) is 12.1. The molecule has 0 radical (unpaired) electrons. The van der Waals surface area contributed by atoms with E-state index in [2.05, 4.69) is 0 Å². The van der Waals surface area contributed by atoms with Crippen LogP contribution in [0, 0.1) is 11.6 Å². The molecule has 2 aromatic rings. The van der Waals surface area contributed by atoms with E-state index >= 15 is 0 Å². The molecule has 0 heterocycles. The summed E-state index contributed by atoms with van der Waals surface area (Å²) in [6.45, 7) is 0. The van der Waals surface area contributed by atoms with E-state index in [1.807, 2.05) is 0 Å². The Morgan fingerprint density at radius 1 is 0.694 bits per heavy atom. The van der Waals surface area contributed by atoms with Crippen LogP contribution in [-0.2, 0) is 25.3 Å². The van der Waals surface area contributed by atoms with Crippen LogP contribution in [0.5, 0.6) is 0 Å². The van der Waals surface area contributed by atoms with Crippen LogP contribution in [0.2, 0.25) is 4.22 Å². The summed E-state index contributed by atoms with van der Waals surface area (Å²) >= 11 is -3.32. The summed E-state index contributed by atoms with van der Waals surface area (Å²) in [7, 11) is 0.750. The Morgan fingerprint density at radius 3 is 1.44 bits per heavy atom. The molecule has 0 aliphatic heterocycles. The van der Waals surface area contributed by atoms with Gasteiger partial charge in [0.1, 0.15) is 0 Å². The van der Waals surface area contributed by atoms with Gasteiger partial charge in [0.05, 0.1) is 0 Å². The SMILES string of the molecule is C[O-].O=C([O][Ti+]([O]C(=O)c1ccc(F)cc1)[CH]1C2=C(CCCC2)C2=C1CCCC2)c1ccc(F)cc1. The fourth-order valence-corrected chi connectivity index (χ4v) is 8.55. The topological polar surface area (TPSA) is 75.7 Å². The first-order valence-electron chi connectivity index (χ1n) is 12.2. The van der Waals surface area contributed by atoms with Crippen LogP contribution in [-0.4, -0.2) is 19.0 Å². The van der Waals surface area contributed by atoms with Crippen LogP contribution < -0.4 is 5.11 Å². The van der Waals surface area contributed by atoms with Crippen molar-refractivity contribution >= 4 is 11.9 Å². The number of fused-ring (bicyclic) bond motifs is 1. The fraction of sp³-hybridized carbons (Fsp3) is 0.357. The third kappa shape index (κ3) is 5.69. The number of benzene rings is 2. The Hall–Kier alpha value is -2.61. The maximum absolute atomic E-state index is 13.4. The van der Waals surface area contributed by atoms with Crippen molar-refractivity contribution in [2.45, 2.75) is 55.6 Å². The van der Waals surface area contributed by atoms with Gasteiger partial charge in [-0.2, -0.15) is 7.11 Å². The van der Waals surface area contributed by atoms with Crippen molar-refractivity contribution in [2.75, 3.05) is 7.11 Å². The molecule has 3 aliphatic carbocycles. The van der Waals surface area contributed by atoms with Crippen LogP contribution in [0.25, 0.3) is 0 Å². The molecule has 0 aromatic heterocycles. The Bertz CT molecular complexity index is 1080. The second-order valence-electron chi connectivity index (χ2n) is 8.97. The summed E-state index contributed by atoms with van der Waals surface area (Å²) in [4.78, 5) is 26.1. The molecule has 0 N–H and O–H groups in total. The minimum atomic E-state index is -3.32. The summed E-state index contributed by atoms with van der Waals surface area (Å²) in [5.41, 5.74) is 5.80. The predicted octanol–water partition coefficient (Wildman–Crippen LogP) is 5.95. The molecule has 0 unspecified atom stereocenters. The Kier molecular flexibility index (Phi) is 8.88. The molecule has 3 aliphatic rings. The summed E-state index contributed by atoms with van der Waals surface area (Å²) < 4.78 is 38.6. The monoisotopic (exact) mass is 530 g/mol. The standard InChI is InChI=1S/C13H17.2C7H5FO2.CH3O.Ti/c1-3-7-12-10(5-1)9-11-6-2-4-8-13(11)12;2*8-6-3-1-5(2-4-6)7(9)10;1-2;/h9H,1-8H2;2*1-4H,(H,9,10);1H3;/q;;;-1;+3/p-2. The molecule has 5 nitrogen and oxygen atoms in total. The first-order chi connectivity index (χ1) is 17.5. The number of carbonyl (C=O) groups is 2. The normalized spacial score (nSPS) is 17.0. The molecule has 0 saturated carbocycles. The van der Waals surface area contributed by atoms with Gasteiger partial charge in [-0.05, 0) is 0 Å². The Balaban J connectivity index is 0.00000148. The van der Waals surface area contributed by atoms with Crippen molar-refractivity contribution in [2.24, 2.45) is 0 Å². The third-order valence-electron chi connectivity index (χ3n) is 6.86. The quantitative estimate of drug-likeness (QED) is 0.447. The molecule has 8 heteroatoms. The molecular formula is C28H28F2O5Ti. The van der Waals surface area contributed by atoms with Crippen molar-refractivity contribution in [1.29, 1.82) is 0 Å². The average molecular weight is 530 g/mol. The van der Waals surface area contributed by atoms with Crippen molar-refractivity contribution in [1.82, 2.24) is 0 Å². The van der Waals surface area contributed by atoms with E-state index in [4.69, 9.17) is 11.7 Å². The van der Waals surface area contributed by atoms with E-state index in [9.17, 15) is 18.4 Å².